The molecule has 1 aromatic carbocycles. The smallest absolute Gasteiger partial charge is 0.119 e. The molecule has 1 rings (SSSR count). The monoisotopic (exact) mass is 227 g/mol. The molecule has 0 aliphatic carbocycles. The second kappa shape index (κ2) is 6.49. The molecule has 0 aromatic heterocycles. The van der Waals surface area contributed by atoms with Crippen molar-refractivity contribution in [2.24, 2.45) is 5.73 Å². The molecule has 0 aliphatic heterocycles. The molecular formula is C12H18ClNO. The van der Waals surface area contributed by atoms with Gasteiger partial charge in [0.2, 0.25) is 0 Å². The SMILES string of the molecule is C=C[C@H](N)c1ccc(OC(C)C)cc1.Cl. The standard InChI is InChI=1S/C12H17NO.ClH/c1-4-12(13)10-5-7-11(8-6-10)14-9(2)3;/h4-9,12H,1,13H2,2-3H3;1H/t12-;/m0./s1. The minimum Gasteiger partial charge on any atom is -0.491 e. The average Bonchev–Trinajstić information content (AvgIpc) is 2.17. The first-order chi connectivity index (χ1) is 6.63. The number of halogens is 1. The Labute approximate surface area is 97.5 Å². The van der Waals surface area contributed by atoms with Crippen LogP contribution in [0.5, 0.6) is 5.75 Å². The van der Waals surface area contributed by atoms with Crippen molar-refractivity contribution < 1.29 is 4.74 Å². The Hall–Kier alpha value is -0.990. The first-order valence-electron chi connectivity index (χ1n) is 4.78. The highest BCUT2D eigenvalue weighted by Gasteiger charge is 2.01. The highest BCUT2D eigenvalue weighted by atomic mass is 35.5. The third-order valence-corrected chi connectivity index (χ3v) is 1.89. The average molecular weight is 228 g/mol. The lowest BCUT2D eigenvalue weighted by molar-refractivity contribution is 0.242. The van der Waals surface area contributed by atoms with Crippen LogP contribution in [0.4, 0.5) is 0 Å². The molecule has 0 aliphatic rings. The summed E-state index contributed by atoms with van der Waals surface area (Å²) in [5, 5.41) is 0. The number of hydrogen-bond donors (Lipinski definition) is 1. The van der Waals surface area contributed by atoms with Crippen LogP contribution in [-0.2, 0) is 0 Å². The summed E-state index contributed by atoms with van der Waals surface area (Å²) < 4.78 is 5.52. The maximum atomic E-state index is 5.79. The quantitative estimate of drug-likeness (QED) is 0.803. The molecule has 0 heterocycles. The van der Waals surface area contributed by atoms with Gasteiger partial charge in [0.25, 0.3) is 0 Å². The molecule has 0 saturated carbocycles. The number of ether oxygens (including phenoxy) is 1. The van der Waals surface area contributed by atoms with Gasteiger partial charge in [0.05, 0.1) is 6.10 Å². The van der Waals surface area contributed by atoms with E-state index in [4.69, 9.17) is 10.5 Å². The van der Waals surface area contributed by atoms with Gasteiger partial charge in [0.1, 0.15) is 5.75 Å². The Morgan fingerprint density at radius 1 is 1.27 bits per heavy atom. The van der Waals surface area contributed by atoms with Crippen LogP contribution in [0.25, 0.3) is 0 Å². The van der Waals surface area contributed by atoms with Crippen LogP contribution >= 0.6 is 12.4 Å². The molecule has 0 spiro atoms. The normalized spacial score (nSPS) is 11.7. The molecule has 1 aromatic rings. The van der Waals surface area contributed by atoms with Crippen molar-refractivity contribution in [3.05, 3.63) is 42.5 Å². The van der Waals surface area contributed by atoms with Crippen LogP contribution in [0.15, 0.2) is 36.9 Å². The summed E-state index contributed by atoms with van der Waals surface area (Å²) in [5.41, 5.74) is 6.84. The van der Waals surface area contributed by atoms with Gasteiger partial charge in [-0.05, 0) is 31.5 Å². The summed E-state index contributed by atoms with van der Waals surface area (Å²) in [6.07, 6.45) is 1.92. The fourth-order valence-corrected chi connectivity index (χ4v) is 1.18. The Morgan fingerprint density at radius 2 is 1.80 bits per heavy atom. The molecule has 2 nitrogen and oxygen atoms in total. The molecule has 0 radical (unpaired) electrons. The van der Waals surface area contributed by atoms with Crippen molar-refractivity contribution in [3.8, 4) is 5.75 Å². The fraction of sp³-hybridized carbons (Fsp3) is 0.333. The maximum Gasteiger partial charge on any atom is 0.119 e. The predicted molar refractivity (Wildman–Crippen MR) is 66.6 cm³/mol. The van der Waals surface area contributed by atoms with Gasteiger partial charge in [0, 0.05) is 6.04 Å². The van der Waals surface area contributed by atoms with E-state index in [2.05, 4.69) is 6.58 Å². The lowest BCUT2D eigenvalue weighted by Crippen LogP contribution is -2.07. The summed E-state index contributed by atoms with van der Waals surface area (Å²) in [6.45, 7) is 7.66. The van der Waals surface area contributed by atoms with Crippen molar-refractivity contribution in [3.63, 3.8) is 0 Å². The van der Waals surface area contributed by atoms with E-state index in [0.29, 0.717) is 0 Å². The Bertz CT molecular complexity index is 295. The van der Waals surface area contributed by atoms with Crippen molar-refractivity contribution >= 4 is 12.4 Å². The summed E-state index contributed by atoms with van der Waals surface area (Å²) >= 11 is 0. The summed E-state index contributed by atoms with van der Waals surface area (Å²) in [4.78, 5) is 0. The van der Waals surface area contributed by atoms with Crippen LogP contribution in [0.1, 0.15) is 25.5 Å². The third kappa shape index (κ3) is 4.36. The summed E-state index contributed by atoms with van der Waals surface area (Å²) in [7, 11) is 0. The highest BCUT2D eigenvalue weighted by molar-refractivity contribution is 5.85. The zero-order valence-corrected chi connectivity index (χ0v) is 9.96. The molecular weight excluding hydrogens is 210 g/mol. The minimum absolute atomic E-state index is 0. The maximum absolute atomic E-state index is 5.79. The van der Waals surface area contributed by atoms with Crippen LogP contribution in [0.2, 0.25) is 0 Å². The molecule has 1 atom stereocenters. The van der Waals surface area contributed by atoms with Crippen molar-refractivity contribution in [2.75, 3.05) is 0 Å². The lowest BCUT2D eigenvalue weighted by atomic mass is 10.1. The van der Waals surface area contributed by atoms with E-state index in [-0.39, 0.29) is 24.6 Å². The first-order valence-corrected chi connectivity index (χ1v) is 4.78. The zero-order chi connectivity index (χ0) is 10.6. The zero-order valence-electron chi connectivity index (χ0n) is 9.14. The molecule has 3 heteroatoms. The van der Waals surface area contributed by atoms with Gasteiger partial charge in [-0.1, -0.05) is 18.2 Å². The van der Waals surface area contributed by atoms with Gasteiger partial charge < -0.3 is 10.5 Å². The molecule has 0 saturated heterocycles. The van der Waals surface area contributed by atoms with E-state index >= 15 is 0 Å². The number of rotatable bonds is 4. The van der Waals surface area contributed by atoms with E-state index in [1.807, 2.05) is 38.1 Å². The Balaban J connectivity index is 0.00000196. The molecule has 0 amide bonds. The molecule has 0 bridgehead atoms. The largest absolute Gasteiger partial charge is 0.491 e. The van der Waals surface area contributed by atoms with E-state index in [0.717, 1.165) is 11.3 Å². The molecule has 0 unspecified atom stereocenters. The highest BCUT2D eigenvalue weighted by Crippen LogP contribution is 2.17. The van der Waals surface area contributed by atoms with Crippen molar-refractivity contribution in [1.29, 1.82) is 0 Å². The number of benzene rings is 1. The van der Waals surface area contributed by atoms with Crippen LogP contribution in [-0.4, -0.2) is 6.10 Å². The first kappa shape index (κ1) is 14.0. The fourth-order valence-electron chi connectivity index (χ4n) is 1.18. The van der Waals surface area contributed by atoms with E-state index < -0.39 is 0 Å². The second-order valence-electron chi connectivity index (χ2n) is 3.50. The molecule has 0 fully saturated rings. The Kier molecular flexibility index (Phi) is 6.06. The van der Waals surface area contributed by atoms with E-state index in [1.54, 1.807) is 6.08 Å². The molecule has 15 heavy (non-hydrogen) atoms. The Morgan fingerprint density at radius 3 is 2.20 bits per heavy atom. The third-order valence-electron chi connectivity index (χ3n) is 1.89. The van der Waals surface area contributed by atoms with Crippen molar-refractivity contribution in [1.82, 2.24) is 0 Å². The minimum atomic E-state index is -0.0944. The van der Waals surface area contributed by atoms with Gasteiger partial charge >= 0.3 is 0 Å². The summed E-state index contributed by atoms with van der Waals surface area (Å²) in [5.74, 6) is 0.875. The van der Waals surface area contributed by atoms with Gasteiger partial charge in [-0.25, -0.2) is 0 Å². The van der Waals surface area contributed by atoms with Gasteiger partial charge in [-0.3, -0.25) is 0 Å². The molecule has 2 N–H and O–H groups in total. The van der Waals surface area contributed by atoms with E-state index in [9.17, 15) is 0 Å². The van der Waals surface area contributed by atoms with Gasteiger partial charge in [-0.15, -0.1) is 19.0 Å². The summed E-state index contributed by atoms with van der Waals surface area (Å²) in [6, 6.07) is 7.69. The lowest BCUT2D eigenvalue weighted by Gasteiger charge is -2.11. The van der Waals surface area contributed by atoms with Crippen LogP contribution in [0.3, 0.4) is 0 Å². The van der Waals surface area contributed by atoms with E-state index in [1.165, 1.54) is 0 Å². The number of hydrogen-bond acceptors (Lipinski definition) is 2. The topological polar surface area (TPSA) is 35.2 Å². The predicted octanol–water partition coefficient (Wildman–Crippen LogP) is 3.08. The van der Waals surface area contributed by atoms with Gasteiger partial charge in [-0.2, -0.15) is 0 Å². The van der Waals surface area contributed by atoms with Gasteiger partial charge in [0.15, 0.2) is 0 Å². The van der Waals surface area contributed by atoms with Crippen LogP contribution < -0.4 is 10.5 Å². The molecule has 84 valence electrons. The second-order valence-corrected chi connectivity index (χ2v) is 3.50. The van der Waals surface area contributed by atoms with Crippen molar-refractivity contribution in [2.45, 2.75) is 26.0 Å². The number of nitrogens with two attached hydrogens (primary N) is 1. The van der Waals surface area contributed by atoms with Crippen LogP contribution in [0, 0.1) is 0 Å².